The highest BCUT2D eigenvalue weighted by molar-refractivity contribution is 5.94. The lowest BCUT2D eigenvalue weighted by molar-refractivity contribution is -0.116. The van der Waals surface area contributed by atoms with Crippen LogP contribution in [-0.4, -0.2) is 12.5 Å². The predicted octanol–water partition coefficient (Wildman–Crippen LogP) is 4.70. The van der Waals surface area contributed by atoms with E-state index in [1.165, 1.54) is 44.1 Å². The zero-order chi connectivity index (χ0) is 14.9. The predicted molar refractivity (Wildman–Crippen MR) is 86.9 cm³/mol. The molecule has 1 N–H and O–H groups in total. The molecule has 0 saturated heterocycles. The molecule has 0 saturated carbocycles. The van der Waals surface area contributed by atoms with E-state index >= 15 is 0 Å². The summed E-state index contributed by atoms with van der Waals surface area (Å²) in [6.07, 6.45) is 10.4. The molecule has 1 aromatic rings. The highest BCUT2D eigenvalue weighted by Crippen LogP contribution is 2.27. The van der Waals surface area contributed by atoms with Crippen LogP contribution in [0.25, 0.3) is 0 Å². The second-order valence-electron chi connectivity index (χ2n) is 5.84. The molecule has 1 aliphatic rings. The molecule has 0 spiro atoms. The monoisotopic (exact) mass is 289 g/mol. The van der Waals surface area contributed by atoms with Crippen molar-refractivity contribution in [2.75, 3.05) is 11.9 Å². The number of amides is 1. The molecule has 0 aromatic heterocycles. The maximum absolute atomic E-state index is 11.4. The Hall–Kier alpha value is -1.51. The summed E-state index contributed by atoms with van der Waals surface area (Å²) in [7, 11) is 0. The number of hydrogen-bond donors (Lipinski definition) is 1. The van der Waals surface area contributed by atoms with Gasteiger partial charge in [-0.2, -0.15) is 0 Å². The van der Waals surface area contributed by atoms with E-state index in [-0.39, 0.29) is 5.91 Å². The van der Waals surface area contributed by atoms with Crippen LogP contribution in [0, 0.1) is 0 Å². The van der Waals surface area contributed by atoms with Gasteiger partial charge >= 0.3 is 0 Å². The molecule has 0 radical (unpaired) electrons. The average Bonchev–Trinajstić information content (AvgIpc) is 2.49. The highest BCUT2D eigenvalue weighted by atomic mass is 16.5. The summed E-state index contributed by atoms with van der Waals surface area (Å²) in [5, 5.41) is 2.91. The van der Waals surface area contributed by atoms with Crippen molar-refractivity contribution < 1.29 is 9.53 Å². The summed E-state index contributed by atoms with van der Waals surface area (Å²) in [5.41, 5.74) is 2.13. The second-order valence-corrected chi connectivity index (χ2v) is 5.84. The molecule has 0 bridgehead atoms. The molecular formula is C18H27NO2. The van der Waals surface area contributed by atoms with Crippen LogP contribution in [0.15, 0.2) is 18.2 Å². The Labute approximate surface area is 128 Å². The van der Waals surface area contributed by atoms with E-state index in [4.69, 9.17) is 4.74 Å². The first-order valence-corrected chi connectivity index (χ1v) is 8.35. The minimum atomic E-state index is 0.103. The quantitative estimate of drug-likeness (QED) is 0.669. The maximum Gasteiger partial charge on any atom is 0.224 e. The number of fused-ring (bicyclic) bond motifs is 1. The Kier molecular flexibility index (Phi) is 6.58. The van der Waals surface area contributed by atoms with E-state index in [9.17, 15) is 4.79 Å². The molecule has 0 unspecified atom stereocenters. The first-order valence-electron chi connectivity index (χ1n) is 8.35. The van der Waals surface area contributed by atoms with E-state index in [0.29, 0.717) is 6.42 Å². The number of aryl methyl sites for hydroxylation is 1. The Bertz CT molecular complexity index is 457. The van der Waals surface area contributed by atoms with E-state index in [2.05, 4.69) is 18.3 Å². The highest BCUT2D eigenvalue weighted by Gasteiger charge is 2.14. The van der Waals surface area contributed by atoms with Gasteiger partial charge in [0.2, 0.25) is 5.91 Å². The van der Waals surface area contributed by atoms with Crippen LogP contribution in [0.2, 0.25) is 0 Å². The number of nitrogens with one attached hydrogen (secondary N) is 1. The molecule has 0 atom stereocenters. The number of hydrogen-bond acceptors (Lipinski definition) is 2. The molecule has 116 valence electrons. The van der Waals surface area contributed by atoms with E-state index in [1.807, 2.05) is 12.1 Å². The summed E-state index contributed by atoms with van der Waals surface area (Å²) in [4.78, 5) is 11.4. The van der Waals surface area contributed by atoms with Gasteiger partial charge in [-0.3, -0.25) is 4.79 Å². The number of rotatable bonds is 9. The van der Waals surface area contributed by atoms with Crippen LogP contribution in [0.4, 0.5) is 5.69 Å². The maximum atomic E-state index is 11.4. The summed E-state index contributed by atoms with van der Waals surface area (Å²) in [6, 6.07) is 6.03. The minimum absolute atomic E-state index is 0.103. The first-order chi connectivity index (χ1) is 10.3. The molecule has 3 heteroatoms. The van der Waals surface area contributed by atoms with Crippen molar-refractivity contribution in [3.8, 4) is 5.75 Å². The molecule has 0 fully saturated rings. The zero-order valence-electron chi connectivity index (χ0n) is 13.1. The molecule has 1 heterocycles. The lowest BCUT2D eigenvalue weighted by Crippen LogP contribution is -2.18. The molecule has 1 aromatic carbocycles. The fourth-order valence-electron chi connectivity index (χ4n) is 2.69. The SMILES string of the molecule is CCCCCCCCCOc1ccc2c(c1)NC(=O)CC2. The van der Waals surface area contributed by atoms with Crippen molar-refractivity contribution in [3.05, 3.63) is 23.8 Å². The van der Waals surface area contributed by atoms with Gasteiger partial charge in [-0.1, -0.05) is 51.5 Å². The number of anilines is 1. The van der Waals surface area contributed by atoms with Crippen molar-refractivity contribution >= 4 is 11.6 Å². The summed E-state index contributed by atoms with van der Waals surface area (Å²) >= 11 is 0. The summed E-state index contributed by atoms with van der Waals surface area (Å²) in [5.74, 6) is 0.966. The van der Waals surface area contributed by atoms with Crippen molar-refractivity contribution in [2.45, 2.75) is 64.7 Å². The standard InChI is InChI=1S/C18H27NO2/c1-2-3-4-5-6-7-8-13-21-16-11-9-15-10-12-18(20)19-17(15)14-16/h9,11,14H,2-8,10,12-13H2,1H3,(H,19,20). The number of ether oxygens (including phenoxy) is 1. The lowest BCUT2D eigenvalue weighted by atomic mass is 10.0. The molecule has 3 nitrogen and oxygen atoms in total. The van der Waals surface area contributed by atoms with Crippen LogP contribution < -0.4 is 10.1 Å². The van der Waals surface area contributed by atoms with Gasteiger partial charge in [0.25, 0.3) is 0 Å². The minimum Gasteiger partial charge on any atom is -0.494 e. The largest absolute Gasteiger partial charge is 0.494 e. The zero-order valence-corrected chi connectivity index (χ0v) is 13.1. The van der Waals surface area contributed by atoms with Gasteiger partial charge in [0.15, 0.2) is 0 Å². The third kappa shape index (κ3) is 5.41. The first kappa shape index (κ1) is 15.9. The van der Waals surface area contributed by atoms with Crippen LogP contribution >= 0.6 is 0 Å². The molecule has 2 rings (SSSR count). The van der Waals surface area contributed by atoms with Gasteiger partial charge in [-0.05, 0) is 24.5 Å². The number of carbonyl (C=O) groups is 1. The second kappa shape index (κ2) is 8.71. The fourth-order valence-corrected chi connectivity index (χ4v) is 2.69. The van der Waals surface area contributed by atoms with Crippen LogP contribution in [-0.2, 0) is 11.2 Å². The number of benzene rings is 1. The Morgan fingerprint density at radius 2 is 1.81 bits per heavy atom. The Balaban J connectivity index is 1.65. The third-order valence-electron chi connectivity index (χ3n) is 3.99. The van der Waals surface area contributed by atoms with Gasteiger partial charge in [0.05, 0.1) is 6.61 Å². The number of unbranched alkanes of at least 4 members (excludes halogenated alkanes) is 6. The van der Waals surface area contributed by atoms with Crippen molar-refractivity contribution in [3.63, 3.8) is 0 Å². The molecular weight excluding hydrogens is 262 g/mol. The normalized spacial score (nSPS) is 13.7. The Morgan fingerprint density at radius 3 is 2.62 bits per heavy atom. The van der Waals surface area contributed by atoms with Crippen molar-refractivity contribution in [1.29, 1.82) is 0 Å². The third-order valence-corrected chi connectivity index (χ3v) is 3.99. The van der Waals surface area contributed by atoms with Crippen LogP contribution in [0.3, 0.4) is 0 Å². The smallest absolute Gasteiger partial charge is 0.224 e. The van der Waals surface area contributed by atoms with Crippen molar-refractivity contribution in [1.82, 2.24) is 0 Å². The topological polar surface area (TPSA) is 38.3 Å². The van der Waals surface area contributed by atoms with E-state index in [0.717, 1.165) is 30.9 Å². The average molecular weight is 289 g/mol. The van der Waals surface area contributed by atoms with Gasteiger partial charge in [-0.15, -0.1) is 0 Å². The van der Waals surface area contributed by atoms with E-state index < -0.39 is 0 Å². The molecule has 1 aliphatic heterocycles. The molecule has 21 heavy (non-hydrogen) atoms. The van der Waals surface area contributed by atoms with Gasteiger partial charge in [0, 0.05) is 18.2 Å². The lowest BCUT2D eigenvalue weighted by Gasteiger charge is -2.17. The van der Waals surface area contributed by atoms with Gasteiger partial charge in [0.1, 0.15) is 5.75 Å². The summed E-state index contributed by atoms with van der Waals surface area (Å²) in [6.45, 7) is 3.01. The van der Waals surface area contributed by atoms with Gasteiger partial charge < -0.3 is 10.1 Å². The molecule has 0 aliphatic carbocycles. The van der Waals surface area contributed by atoms with Crippen LogP contribution in [0.5, 0.6) is 5.75 Å². The summed E-state index contributed by atoms with van der Waals surface area (Å²) < 4.78 is 5.78. The Morgan fingerprint density at radius 1 is 1.05 bits per heavy atom. The van der Waals surface area contributed by atoms with Gasteiger partial charge in [-0.25, -0.2) is 0 Å². The molecule has 1 amide bonds. The number of carbonyl (C=O) groups excluding carboxylic acids is 1. The van der Waals surface area contributed by atoms with Crippen molar-refractivity contribution in [2.24, 2.45) is 0 Å². The van der Waals surface area contributed by atoms with Crippen LogP contribution in [0.1, 0.15) is 63.9 Å². The fraction of sp³-hybridized carbons (Fsp3) is 0.611. The van der Waals surface area contributed by atoms with E-state index in [1.54, 1.807) is 0 Å².